The van der Waals surface area contributed by atoms with E-state index in [4.69, 9.17) is 4.74 Å². The minimum atomic E-state index is 0.169. The summed E-state index contributed by atoms with van der Waals surface area (Å²) in [7, 11) is 3.67. The number of phenols is 1. The van der Waals surface area contributed by atoms with Gasteiger partial charge in [-0.2, -0.15) is 0 Å². The second-order valence-corrected chi connectivity index (χ2v) is 6.49. The monoisotopic (exact) mass is 312 g/mol. The second kappa shape index (κ2) is 6.05. The van der Waals surface area contributed by atoms with Gasteiger partial charge in [-0.05, 0) is 17.7 Å². The lowest BCUT2D eigenvalue weighted by Gasteiger charge is -2.38. The first-order chi connectivity index (χ1) is 11.0. The van der Waals surface area contributed by atoms with Crippen LogP contribution in [0.1, 0.15) is 21.5 Å². The molecule has 0 aromatic heterocycles. The molecular weight excluding hydrogens is 290 g/mol. The maximum atomic E-state index is 12.5. The van der Waals surface area contributed by atoms with E-state index in [1.54, 1.807) is 13.2 Å². The third kappa shape index (κ3) is 3.22. The predicted octanol–water partition coefficient (Wildman–Crippen LogP) is 2.79. The number of quaternary nitrogens is 1. The number of Topliss-reactive ketones (excluding diaryl/α,β-unsaturated/α-hetero) is 1. The van der Waals surface area contributed by atoms with E-state index in [0.29, 0.717) is 16.8 Å². The van der Waals surface area contributed by atoms with Crippen molar-refractivity contribution in [2.24, 2.45) is 0 Å². The quantitative estimate of drug-likeness (QED) is 0.697. The van der Waals surface area contributed by atoms with Crippen LogP contribution in [0.4, 0.5) is 0 Å². The molecule has 4 heteroatoms. The number of ether oxygens (including phenoxy) is 1. The molecule has 0 saturated heterocycles. The lowest BCUT2D eigenvalue weighted by atomic mass is 9.96. The van der Waals surface area contributed by atoms with Gasteiger partial charge in [-0.25, -0.2) is 0 Å². The lowest BCUT2D eigenvalue weighted by Crippen LogP contribution is -2.50. The van der Waals surface area contributed by atoms with E-state index < -0.39 is 0 Å². The minimum absolute atomic E-state index is 0.169. The number of fused-ring (bicyclic) bond motifs is 1. The fourth-order valence-corrected chi connectivity index (χ4v) is 3.27. The molecule has 1 heterocycles. The number of rotatable bonds is 4. The lowest BCUT2D eigenvalue weighted by molar-refractivity contribution is -0.916. The van der Waals surface area contributed by atoms with Crippen molar-refractivity contribution in [1.82, 2.24) is 0 Å². The van der Waals surface area contributed by atoms with Crippen LogP contribution in [0.2, 0.25) is 0 Å². The standard InChI is InChI=1S/C19H21NO3/c1-20(13-18(22)14-6-4-3-5-7-14)9-8-15-10-17(21)19(23-2)11-16(15)12-20/h3-7,10-11H,8-9,12-13H2,1-2H3/p+1. The summed E-state index contributed by atoms with van der Waals surface area (Å²) in [6.45, 7) is 2.13. The number of methoxy groups -OCH3 is 1. The van der Waals surface area contributed by atoms with Gasteiger partial charge in [-0.15, -0.1) is 0 Å². The molecule has 2 aromatic rings. The highest BCUT2D eigenvalue weighted by Gasteiger charge is 2.32. The molecule has 1 unspecified atom stereocenters. The summed E-state index contributed by atoms with van der Waals surface area (Å²) in [5.74, 6) is 0.844. The van der Waals surface area contributed by atoms with Crippen LogP contribution in [0, 0.1) is 0 Å². The summed E-state index contributed by atoms with van der Waals surface area (Å²) >= 11 is 0. The van der Waals surface area contributed by atoms with Gasteiger partial charge in [0.2, 0.25) is 5.78 Å². The van der Waals surface area contributed by atoms with Crippen LogP contribution in [-0.4, -0.2) is 42.6 Å². The number of benzene rings is 2. The van der Waals surface area contributed by atoms with Crippen molar-refractivity contribution < 1.29 is 19.1 Å². The van der Waals surface area contributed by atoms with E-state index in [0.717, 1.165) is 36.2 Å². The Hall–Kier alpha value is -2.33. The number of nitrogens with zero attached hydrogens (tertiary/aromatic N) is 1. The van der Waals surface area contributed by atoms with E-state index in [9.17, 15) is 9.90 Å². The van der Waals surface area contributed by atoms with Crippen molar-refractivity contribution >= 4 is 5.78 Å². The molecule has 0 saturated carbocycles. The molecule has 4 nitrogen and oxygen atoms in total. The number of aromatic hydroxyl groups is 1. The summed E-state index contributed by atoms with van der Waals surface area (Å²) in [5, 5.41) is 9.91. The molecule has 23 heavy (non-hydrogen) atoms. The summed E-state index contributed by atoms with van der Waals surface area (Å²) < 4.78 is 5.88. The third-order valence-corrected chi connectivity index (χ3v) is 4.60. The molecule has 0 radical (unpaired) electrons. The zero-order valence-electron chi connectivity index (χ0n) is 13.6. The Labute approximate surface area is 136 Å². The van der Waals surface area contributed by atoms with Crippen LogP contribution in [0.15, 0.2) is 42.5 Å². The molecule has 1 atom stereocenters. The first kappa shape index (κ1) is 15.6. The topological polar surface area (TPSA) is 46.5 Å². The molecular formula is C19H22NO3+. The first-order valence-electron chi connectivity index (χ1n) is 7.81. The van der Waals surface area contributed by atoms with Gasteiger partial charge >= 0.3 is 0 Å². The molecule has 1 aliphatic heterocycles. The molecule has 0 aliphatic carbocycles. The van der Waals surface area contributed by atoms with Gasteiger partial charge in [0.1, 0.15) is 13.1 Å². The van der Waals surface area contributed by atoms with Crippen molar-refractivity contribution in [1.29, 1.82) is 0 Å². The fourth-order valence-electron chi connectivity index (χ4n) is 3.27. The number of hydrogen-bond donors (Lipinski definition) is 1. The second-order valence-electron chi connectivity index (χ2n) is 6.49. The van der Waals surface area contributed by atoms with E-state index in [2.05, 4.69) is 7.05 Å². The van der Waals surface area contributed by atoms with Crippen LogP contribution in [0.5, 0.6) is 11.5 Å². The van der Waals surface area contributed by atoms with E-state index >= 15 is 0 Å². The summed E-state index contributed by atoms with van der Waals surface area (Å²) in [4.78, 5) is 12.5. The Morgan fingerprint density at radius 1 is 1.22 bits per heavy atom. The number of likely N-dealkylation sites (N-methyl/N-ethyl adjacent to an activating group) is 1. The van der Waals surface area contributed by atoms with Gasteiger partial charge < -0.3 is 14.3 Å². The Bertz CT molecular complexity index is 727. The SMILES string of the molecule is COc1cc2c(cc1O)CC[N+](C)(CC(=O)c1ccccc1)C2. The van der Waals surface area contributed by atoms with Crippen LogP contribution >= 0.6 is 0 Å². The highest BCUT2D eigenvalue weighted by Crippen LogP contribution is 2.34. The molecule has 1 N–H and O–H groups in total. The van der Waals surface area contributed by atoms with Gasteiger partial charge in [0, 0.05) is 17.5 Å². The third-order valence-electron chi connectivity index (χ3n) is 4.60. The first-order valence-corrected chi connectivity index (χ1v) is 7.81. The van der Waals surface area contributed by atoms with Crippen molar-refractivity contribution in [3.05, 3.63) is 59.2 Å². The van der Waals surface area contributed by atoms with Crippen LogP contribution in [-0.2, 0) is 13.0 Å². The number of ketones is 1. The number of carbonyl (C=O) groups is 1. The molecule has 0 fully saturated rings. The smallest absolute Gasteiger partial charge is 0.216 e. The van der Waals surface area contributed by atoms with Crippen molar-refractivity contribution in [2.75, 3.05) is 27.2 Å². The van der Waals surface area contributed by atoms with Crippen molar-refractivity contribution in [3.63, 3.8) is 0 Å². The maximum Gasteiger partial charge on any atom is 0.216 e. The molecule has 120 valence electrons. The molecule has 2 aromatic carbocycles. The highest BCUT2D eigenvalue weighted by molar-refractivity contribution is 5.96. The number of phenolic OH excluding ortho intramolecular Hbond substituents is 1. The van der Waals surface area contributed by atoms with Gasteiger partial charge in [-0.1, -0.05) is 30.3 Å². The molecule has 3 rings (SSSR count). The number of carbonyl (C=O) groups excluding carboxylic acids is 1. The molecule has 0 bridgehead atoms. The largest absolute Gasteiger partial charge is 0.504 e. The number of hydrogen-bond acceptors (Lipinski definition) is 3. The zero-order valence-corrected chi connectivity index (χ0v) is 13.6. The molecule has 1 aliphatic rings. The van der Waals surface area contributed by atoms with Gasteiger partial charge in [0.15, 0.2) is 11.5 Å². The van der Waals surface area contributed by atoms with E-state index in [1.165, 1.54) is 0 Å². The zero-order chi connectivity index (χ0) is 16.4. The highest BCUT2D eigenvalue weighted by atomic mass is 16.5. The van der Waals surface area contributed by atoms with Crippen molar-refractivity contribution in [3.8, 4) is 11.5 Å². The molecule has 0 amide bonds. The minimum Gasteiger partial charge on any atom is -0.504 e. The predicted molar refractivity (Wildman–Crippen MR) is 88.8 cm³/mol. The Kier molecular flexibility index (Phi) is 4.09. The van der Waals surface area contributed by atoms with Crippen LogP contribution in [0.3, 0.4) is 0 Å². The maximum absolute atomic E-state index is 12.5. The molecule has 0 spiro atoms. The average molecular weight is 312 g/mol. The van der Waals surface area contributed by atoms with Gasteiger partial charge in [-0.3, -0.25) is 4.79 Å². The van der Waals surface area contributed by atoms with E-state index in [1.807, 2.05) is 36.4 Å². The Balaban J connectivity index is 1.81. The normalized spacial score (nSPS) is 19.9. The summed E-state index contributed by atoms with van der Waals surface area (Å²) in [5.41, 5.74) is 3.06. The van der Waals surface area contributed by atoms with Crippen LogP contribution < -0.4 is 4.74 Å². The van der Waals surface area contributed by atoms with Gasteiger partial charge in [0.05, 0.1) is 20.7 Å². The van der Waals surface area contributed by atoms with Crippen LogP contribution in [0.25, 0.3) is 0 Å². The average Bonchev–Trinajstić information content (AvgIpc) is 2.55. The van der Waals surface area contributed by atoms with Gasteiger partial charge in [0.25, 0.3) is 0 Å². The summed E-state index contributed by atoms with van der Waals surface area (Å²) in [6, 6.07) is 13.1. The van der Waals surface area contributed by atoms with E-state index in [-0.39, 0.29) is 11.5 Å². The Morgan fingerprint density at radius 2 is 1.96 bits per heavy atom. The van der Waals surface area contributed by atoms with Crippen molar-refractivity contribution in [2.45, 2.75) is 13.0 Å². The Morgan fingerprint density at radius 3 is 2.65 bits per heavy atom. The summed E-state index contributed by atoms with van der Waals surface area (Å²) in [6.07, 6.45) is 0.853. The fraction of sp³-hybridized carbons (Fsp3) is 0.316.